The summed E-state index contributed by atoms with van der Waals surface area (Å²) in [6.07, 6.45) is 1.55. The number of hydrogen-bond donors (Lipinski definition) is 2. The van der Waals surface area contributed by atoms with Gasteiger partial charge in [0.1, 0.15) is 12.1 Å². The van der Waals surface area contributed by atoms with E-state index >= 15 is 0 Å². The Kier molecular flexibility index (Phi) is 4.80. The van der Waals surface area contributed by atoms with E-state index in [1.165, 1.54) is 11.8 Å². The molecule has 0 aliphatic rings. The third-order valence-electron chi connectivity index (χ3n) is 3.06. The fourth-order valence-electron chi connectivity index (χ4n) is 2.06. The van der Waals surface area contributed by atoms with Crippen LogP contribution in [0.15, 0.2) is 41.2 Å². The molecule has 0 fully saturated rings. The Balaban J connectivity index is 1.45. The monoisotopic (exact) mass is 345 g/mol. The Hall–Kier alpha value is -2.81. The van der Waals surface area contributed by atoms with Crippen LogP contribution < -0.4 is 10.7 Å². The fraction of sp³-hybridized carbons (Fsp3) is 0.200. The van der Waals surface area contributed by atoms with Gasteiger partial charge in [0.05, 0.1) is 22.5 Å². The van der Waals surface area contributed by atoms with Crippen molar-refractivity contribution >= 4 is 40.4 Å². The lowest BCUT2D eigenvalue weighted by molar-refractivity contribution is -0.114. The first kappa shape index (κ1) is 16.1. The van der Waals surface area contributed by atoms with E-state index in [0.29, 0.717) is 11.6 Å². The first-order chi connectivity index (χ1) is 11.6. The summed E-state index contributed by atoms with van der Waals surface area (Å²) >= 11 is 1.21. The average molecular weight is 345 g/mol. The molecule has 124 valence electrons. The molecule has 2 N–H and O–H groups in total. The second kappa shape index (κ2) is 7.18. The smallest absolute Gasteiger partial charge is 0.248 e. The van der Waals surface area contributed by atoms with Crippen molar-refractivity contribution in [2.24, 2.45) is 0 Å². The Morgan fingerprint density at radius 3 is 2.83 bits per heavy atom. The number of thioether (sulfide) groups is 1. The van der Waals surface area contributed by atoms with Gasteiger partial charge >= 0.3 is 0 Å². The molecule has 0 saturated heterocycles. The predicted molar refractivity (Wildman–Crippen MR) is 91.3 cm³/mol. The zero-order valence-electron chi connectivity index (χ0n) is 12.9. The predicted octanol–water partition coefficient (Wildman–Crippen LogP) is 1.77. The summed E-state index contributed by atoms with van der Waals surface area (Å²) in [6, 6.07) is 9.11. The molecule has 0 spiro atoms. The van der Waals surface area contributed by atoms with Crippen molar-refractivity contribution in [2.75, 3.05) is 22.2 Å². The van der Waals surface area contributed by atoms with Gasteiger partial charge < -0.3 is 9.84 Å². The quantitative estimate of drug-likeness (QED) is 0.706. The lowest BCUT2D eigenvalue weighted by Gasteiger charge is -2.06. The van der Waals surface area contributed by atoms with Crippen molar-refractivity contribution in [1.82, 2.24) is 14.8 Å². The van der Waals surface area contributed by atoms with E-state index in [2.05, 4.69) is 20.9 Å². The van der Waals surface area contributed by atoms with Crippen molar-refractivity contribution in [2.45, 2.75) is 6.92 Å². The number of fused-ring (bicyclic) bond motifs is 1. The molecule has 8 nitrogen and oxygen atoms in total. The van der Waals surface area contributed by atoms with Gasteiger partial charge in [0.25, 0.3) is 0 Å². The molecule has 0 aliphatic carbocycles. The van der Waals surface area contributed by atoms with Crippen LogP contribution in [0.1, 0.15) is 5.76 Å². The lowest BCUT2D eigenvalue weighted by Crippen LogP contribution is -2.24. The summed E-state index contributed by atoms with van der Waals surface area (Å²) in [5.41, 5.74) is 4.34. The number of anilines is 1. The van der Waals surface area contributed by atoms with E-state index in [1.807, 2.05) is 24.3 Å². The first-order valence-electron chi connectivity index (χ1n) is 7.14. The van der Waals surface area contributed by atoms with Crippen LogP contribution in [-0.4, -0.2) is 38.1 Å². The number of carbonyl (C=O) groups is 2. The number of para-hydroxylation sites is 2. The van der Waals surface area contributed by atoms with E-state index in [4.69, 9.17) is 4.52 Å². The van der Waals surface area contributed by atoms with Crippen LogP contribution in [0.25, 0.3) is 11.0 Å². The molecule has 0 unspecified atom stereocenters. The van der Waals surface area contributed by atoms with E-state index in [-0.39, 0.29) is 23.3 Å². The number of rotatable bonds is 6. The highest BCUT2D eigenvalue weighted by molar-refractivity contribution is 8.00. The number of aromatic nitrogens is 3. The molecule has 2 amide bonds. The van der Waals surface area contributed by atoms with Crippen molar-refractivity contribution in [1.29, 1.82) is 0 Å². The Morgan fingerprint density at radius 2 is 2.04 bits per heavy atom. The molecule has 3 aromatic rings. The van der Waals surface area contributed by atoms with Crippen LogP contribution in [-0.2, 0) is 9.59 Å². The minimum absolute atomic E-state index is 0.143. The van der Waals surface area contributed by atoms with Crippen LogP contribution in [0.4, 0.5) is 5.82 Å². The summed E-state index contributed by atoms with van der Waals surface area (Å²) in [6.45, 7) is 1.74. The Labute approximate surface area is 141 Å². The number of imidazole rings is 1. The van der Waals surface area contributed by atoms with E-state index in [1.54, 1.807) is 24.0 Å². The maximum Gasteiger partial charge on any atom is 0.248 e. The zero-order chi connectivity index (χ0) is 16.9. The number of carbonyl (C=O) groups excluding carboxylic acids is 2. The van der Waals surface area contributed by atoms with Gasteiger partial charge in [0.2, 0.25) is 11.8 Å². The summed E-state index contributed by atoms with van der Waals surface area (Å²) in [5.74, 6) is 0.821. The standard InChI is InChI=1S/C15H15N5O3S/c1-10-6-13(19-23-10)17-14(21)7-24-8-15(22)18-20-9-16-11-4-2-3-5-12(11)20/h2-6,9H,7-8H2,1H3,(H,18,22)(H,17,19,21). The van der Waals surface area contributed by atoms with Gasteiger partial charge in [0, 0.05) is 6.07 Å². The lowest BCUT2D eigenvalue weighted by atomic mass is 10.3. The number of amides is 2. The number of nitrogens with one attached hydrogen (secondary N) is 2. The van der Waals surface area contributed by atoms with E-state index in [9.17, 15) is 9.59 Å². The molecule has 0 radical (unpaired) electrons. The molecule has 9 heteroatoms. The zero-order valence-corrected chi connectivity index (χ0v) is 13.7. The SMILES string of the molecule is Cc1cc(NC(=O)CSCC(=O)Nn2cnc3ccccc32)no1. The minimum atomic E-state index is -0.241. The molecule has 0 atom stereocenters. The summed E-state index contributed by atoms with van der Waals surface area (Å²) in [4.78, 5) is 27.9. The van der Waals surface area contributed by atoms with Gasteiger partial charge in [-0.2, -0.15) is 0 Å². The van der Waals surface area contributed by atoms with Crippen LogP contribution >= 0.6 is 11.8 Å². The molecule has 24 heavy (non-hydrogen) atoms. The molecule has 2 aromatic heterocycles. The molecular formula is C15H15N5O3S. The maximum absolute atomic E-state index is 12.0. The van der Waals surface area contributed by atoms with Crippen LogP contribution in [0, 0.1) is 6.92 Å². The maximum atomic E-state index is 12.0. The van der Waals surface area contributed by atoms with Crippen molar-refractivity contribution in [3.63, 3.8) is 0 Å². The number of hydrogen-bond acceptors (Lipinski definition) is 6. The molecule has 1 aromatic carbocycles. The molecular weight excluding hydrogens is 330 g/mol. The van der Waals surface area contributed by atoms with E-state index in [0.717, 1.165) is 11.0 Å². The topological polar surface area (TPSA) is 102 Å². The van der Waals surface area contributed by atoms with Gasteiger partial charge in [-0.25, -0.2) is 9.66 Å². The summed E-state index contributed by atoms with van der Waals surface area (Å²) in [5, 5.41) is 6.27. The van der Waals surface area contributed by atoms with Gasteiger partial charge in [-0.1, -0.05) is 17.3 Å². The van der Waals surface area contributed by atoms with Crippen molar-refractivity contribution < 1.29 is 14.1 Å². The van der Waals surface area contributed by atoms with Gasteiger partial charge in [0.15, 0.2) is 5.82 Å². The summed E-state index contributed by atoms with van der Waals surface area (Å²) < 4.78 is 6.42. The minimum Gasteiger partial charge on any atom is -0.360 e. The number of aryl methyl sites for hydroxylation is 1. The van der Waals surface area contributed by atoms with Gasteiger partial charge in [-0.15, -0.1) is 11.8 Å². The first-order valence-corrected chi connectivity index (χ1v) is 8.30. The Bertz CT molecular complexity index is 873. The highest BCUT2D eigenvalue weighted by Crippen LogP contribution is 2.11. The second-order valence-electron chi connectivity index (χ2n) is 5.00. The van der Waals surface area contributed by atoms with Crippen molar-refractivity contribution in [3.05, 3.63) is 42.4 Å². The molecule has 0 bridgehead atoms. The van der Waals surface area contributed by atoms with E-state index < -0.39 is 0 Å². The van der Waals surface area contributed by atoms with Gasteiger partial charge in [-0.05, 0) is 19.1 Å². The molecule has 2 heterocycles. The summed E-state index contributed by atoms with van der Waals surface area (Å²) in [7, 11) is 0. The number of nitrogens with zero attached hydrogens (tertiary/aromatic N) is 3. The van der Waals surface area contributed by atoms with Gasteiger partial charge in [-0.3, -0.25) is 15.0 Å². The largest absolute Gasteiger partial charge is 0.360 e. The third kappa shape index (κ3) is 3.93. The molecule has 3 rings (SSSR count). The van der Waals surface area contributed by atoms with Crippen LogP contribution in [0.2, 0.25) is 0 Å². The molecule has 0 saturated carbocycles. The Morgan fingerprint density at radius 1 is 1.25 bits per heavy atom. The number of benzene rings is 1. The normalized spacial score (nSPS) is 10.7. The average Bonchev–Trinajstić information content (AvgIpc) is 3.14. The fourth-order valence-corrected chi connectivity index (χ4v) is 2.67. The second-order valence-corrected chi connectivity index (χ2v) is 5.99. The highest BCUT2D eigenvalue weighted by Gasteiger charge is 2.09. The van der Waals surface area contributed by atoms with Crippen LogP contribution in [0.3, 0.4) is 0 Å². The van der Waals surface area contributed by atoms with Crippen LogP contribution in [0.5, 0.6) is 0 Å². The third-order valence-corrected chi connectivity index (χ3v) is 3.99. The highest BCUT2D eigenvalue weighted by atomic mass is 32.2. The molecule has 0 aliphatic heterocycles. The van der Waals surface area contributed by atoms with Crippen molar-refractivity contribution in [3.8, 4) is 0 Å².